The second-order valence-corrected chi connectivity index (χ2v) is 9.11. The van der Waals surface area contributed by atoms with Crippen molar-refractivity contribution in [2.24, 2.45) is 0 Å². The largest absolute Gasteiger partial charge is 0.497 e. The molecule has 0 unspecified atom stereocenters. The van der Waals surface area contributed by atoms with E-state index in [0.29, 0.717) is 22.1 Å². The predicted octanol–water partition coefficient (Wildman–Crippen LogP) is 2.81. The number of nitrogens with zero attached hydrogens (tertiary/aromatic N) is 2. The van der Waals surface area contributed by atoms with Crippen molar-refractivity contribution in [1.82, 2.24) is 14.9 Å². The van der Waals surface area contributed by atoms with E-state index in [1.54, 1.807) is 55.6 Å². The molecule has 12 heteroatoms. The fraction of sp³-hybridized carbons (Fsp3) is 0.167. The number of ether oxygens (including phenoxy) is 2. The molecule has 2 N–H and O–H groups in total. The first-order chi connectivity index (χ1) is 14.4. The molecule has 0 aliphatic rings. The summed E-state index contributed by atoms with van der Waals surface area (Å²) in [6.45, 7) is 0.144. The van der Waals surface area contributed by atoms with Crippen molar-refractivity contribution in [2.75, 3.05) is 25.6 Å². The monoisotopic (exact) mass is 468 g/mol. The average molecular weight is 469 g/mol. The molecule has 0 saturated carbocycles. The molecule has 3 aromatic rings. The van der Waals surface area contributed by atoms with E-state index in [0.717, 1.165) is 11.3 Å². The lowest BCUT2D eigenvalue weighted by atomic mass is 10.2. The van der Waals surface area contributed by atoms with E-state index in [1.807, 2.05) is 0 Å². The molecule has 1 aromatic heterocycles. The highest BCUT2D eigenvalue weighted by molar-refractivity contribution is 7.91. The van der Waals surface area contributed by atoms with E-state index in [1.165, 1.54) is 0 Å². The smallest absolute Gasteiger partial charge is 0.269 e. The number of methoxy groups -OCH3 is 1. The summed E-state index contributed by atoms with van der Waals surface area (Å²) in [5, 5.41) is 10.4. The number of halogens is 1. The Kier molecular flexibility index (Phi) is 7.21. The van der Waals surface area contributed by atoms with Crippen LogP contribution < -0.4 is 19.5 Å². The van der Waals surface area contributed by atoms with Gasteiger partial charge in [-0.25, -0.2) is 13.1 Å². The average Bonchev–Trinajstić information content (AvgIpc) is 3.21. The minimum Gasteiger partial charge on any atom is -0.497 e. The van der Waals surface area contributed by atoms with Crippen molar-refractivity contribution in [1.29, 1.82) is 0 Å². The quantitative estimate of drug-likeness (QED) is 0.366. The summed E-state index contributed by atoms with van der Waals surface area (Å²) in [5.74, 6) is 0.823. The molecule has 0 bridgehead atoms. The molecule has 158 valence electrons. The number of carbonyl (C=O) groups excluding carboxylic acids is 1. The van der Waals surface area contributed by atoms with Crippen LogP contribution in [0, 0.1) is 0 Å². The van der Waals surface area contributed by atoms with Gasteiger partial charge in [0.05, 0.1) is 7.11 Å². The first kappa shape index (κ1) is 22.0. The van der Waals surface area contributed by atoms with Crippen molar-refractivity contribution in [3.05, 3.63) is 59.1 Å². The van der Waals surface area contributed by atoms with Crippen LogP contribution in [0.4, 0.5) is 5.13 Å². The Labute approximate surface area is 182 Å². The van der Waals surface area contributed by atoms with Gasteiger partial charge >= 0.3 is 0 Å². The fourth-order valence-corrected chi connectivity index (χ4v) is 4.29. The molecular formula is C18H17ClN4O5S2. The Morgan fingerprint density at radius 2 is 1.73 bits per heavy atom. The summed E-state index contributed by atoms with van der Waals surface area (Å²) in [6.07, 6.45) is 0. The Hall–Kier alpha value is -2.73. The highest BCUT2D eigenvalue weighted by Gasteiger charge is 2.20. The molecule has 0 atom stereocenters. The van der Waals surface area contributed by atoms with E-state index < -0.39 is 15.9 Å². The van der Waals surface area contributed by atoms with Crippen LogP contribution in [0.1, 0.15) is 10.4 Å². The molecule has 1 heterocycles. The van der Waals surface area contributed by atoms with E-state index in [4.69, 9.17) is 21.1 Å². The zero-order valence-electron chi connectivity index (χ0n) is 15.7. The molecule has 30 heavy (non-hydrogen) atoms. The van der Waals surface area contributed by atoms with Crippen LogP contribution >= 0.6 is 22.9 Å². The van der Waals surface area contributed by atoms with Crippen LogP contribution in [0.15, 0.2) is 52.9 Å². The van der Waals surface area contributed by atoms with Crippen LogP contribution in [0.3, 0.4) is 0 Å². The van der Waals surface area contributed by atoms with Gasteiger partial charge in [-0.05, 0) is 48.5 Å². The third-order valence-electron chi connectivity index (χ3n) is 3.69. The van der Waals surface area contributed by atoms with Crippen LogP contribution in [0.5, 0.6) is 11.5 Å². The summed E-state index contributed by atoms with van der Waals surface area (Å²) in [6, 6.07) is 13.1. The topological polar surface area (TPSA) is 120 Å². The lowest BCUT2D eigenvalue weighted by Gasteiger charge is -2.07. The van der Waals surface area contributed by atoms with Crippen LogP contribution in [0.25, 0.3) is 0 Å². The van der Waals surface area contributed by atoms with E-state index in [9.17, 15) is 13.2 Å². The van der Waals surface area contributed by atoms with Crippen molar-refractivity contribution in [3.8, 4) is 11.5 Å². The van der Waals surface area contributed by atoms with E-state index in [2.05, 4.69) is 20.2 Å². The molecule has 9 nitrogen and oxygen atoms in total. The van der Waals surface area contributed by atoms with Crippen LogP contribution in [-0.2, 0) is 10.0 Å². The molecule has 0 aliphatic carbocycles. The maximum atomic E-state index is 12.3. The lowest BCUT2D eigenvalue weighted by molar-refractivity contribution is 0.102. The van der Waals surface area contributed by atoms with Crippen molar-refractivity contribution in [2.45, 2.75) is 4.34 Å². The maximum Gasteiger partial charge on any atom is 0.269 e. The summed E-state index contributed by atoms with van der Waals surface area (Å²) in [5.41, 5.74) is 0.354. The first-order valence-electron chi connectivity index (χ1n) is 8.54. The Morgan fingerprint density at radius 3 is 2.40 bits per heavy atom. The highest BCUT2D eigenvalue weighted by atomic mass is 35.5. The molecule has 0 saturated heterocycles. The van der Waals surface area contributed by atoms with Gasteiger partial charge in [0.2, 0.25) is 9.47 Å². The third kappa shape index (κ3) is 5.89. The van der Waals surface area contributed by atoms with Gasteiger partial charge in [0, 0.05) is 17.1 Å². The molecule has 0 spiro atoms. The number of anilines is 1. The lowest BCUT2D eigenvalue weighted by Crippen LogP contribution is -2.28. The van der Waals surface area contributed by atoms with Crippen molar-refractivity contribution >= 4 is 44.0 Å². The van der Waals surface area contributed by atoms with Gasteiger partial charge in [-0.15, -0.1) is 10.2 Å². The third-order valence-corrected chi connectivity index (χ3v) is 6.60. The fourth-order valence-electron chi connectivity index (χ4n) is 2.22. The van der Waals surface area contributed by atoms with Gasteiger partial charge in [0.1, 0.15) is 18.1 Å². The number of hydrogen-bond donors (Lipinski definition) is 2. The Balaban J connectivity index is 1.51. The Morgan fingerprint density at radius 1 is 1.07 bits per heavy atom. The molecule has 0 aliphatic heterocycles. The normalized spacial score (nSPS) is 11.1. The van der Waals surface area contributed by atoms with Crippen molar-refractivity contribution < 1.29 is 22.7 Å². The predicted molar refractivity (Wildman–Crippen MR) is 113 cm³/mol. The second kappa shape index (κ2) is 9.85. The molecule has 3 rings (SSSR count). The summed E-state index contributed by atoms with van der Waals surface area (Å²) >= 11 is 6.53. The number of benzene rings is 2. The highest BCUT2D eigenvalue weighted by Crippen LogP contribution is 2.21. The van der Waals surface area contributed by atoms with E-state index >= 15 is 0 Å². The van der Waals surface area contributed by atoms with Gasteiger partial charge in [-0.3, -0.25) is 10.1 Å². The molecular weight excluding hydrogens is 452 g/mol. The number of rotatable bonds is 9. The number of sulfonamides is 1. The van der Waals surface area contributed by atoms with Crippen LogP contribution in [-0.4, -0.2) is 44.8 Å². The van der Waals surface area contributed by atoms with Crippen LogP contribution in [0.2, 0.25) is 5.02 Å². The maximum absolute atomic E-state index is 12.3. The number of aromatic nitrogens is 2. The minimum absolute atomic E-state index is 0.0282. The zero-order valence-corrected chi connectivity index (χ0v) is 18.1. The number of hydrogen-bond acceptors (Lipinski definition) is 8. The standard InChI is InChI=1S/C18H17ClN4O5S2/c1-27-14-6-8-15(9-7-14)28-11-10-20-30(25,26)18-23-22-17(29-18)21-16(24)12-2-4-13(19)5-3-12/h2-9,20H,10-11H2,1H3,(H,21,22,24). The minimum atomic E-state index is -3.88. The molecule has 0 fully saturated rings. The van der Waals surface area contributed by atoms with E-state index in [-0.39, 0.29) is 22.6 Å². The Bertz CT molecular complexity index is 1100. The van der Waals surface area contributed by atoms with Crippen molar-refractivity contribution in [3.63, 3.8) is 0 Å². The summed E-state index contributed by atoms with van der Waals surface area (Å²) in [4.78, 5) is 12.2. The SMILES string of the molecule is COc1ccc(OCCNS(=O)(=O)c2nnc(NC(=O)c3ccc(Cl)cc3)s2)cc1. The van der Waals surface area contributed by atoms with Gasteiger partial charge in [-0.2, -0.15) is 0 Å². The number of nitrogens with one attached hydrogen (secondary N) is 2. The van der Waals surface area contributed by atoms with Gasteiger partial charge < -0.3 is 9.47 Å². The number of carbonyl (C=O) groups is 1. The van der Waals surface area contributed by atoms with Gasteiger partial charge in [0.25, 0.3) is 15.9 Å². The first-order valence-corrected chi connectivity index (χ1v) is 11.2. The molecule has 0 radical (unpaired) electrons. The zero-order chi connectivity index (χ0) is 21.6. The molecule has 2 aromatic carbocycles. The van der Waals surface area contributed by atoms with Gasteiger partial charge in [-0.1, -0.05) is 22.9 Å². The summed E-state index contributed by atoms with van der Waals surface area (Å²) in [7, 11) is -2.32. The summed E-state index contributed by atoms with van der Waals surface area (Å²) < 4.78 is 37.3. The second-order valence-electron chi connectivity index (χ2n) is 5.76. The number of amides is 1. The van der Waals surface area contributed by atoms with Gasteiger partial charge in [0.15, 0.2) is 0 Å². The molecule has 1 amide bonds.